The van der Waals surface area contributed by atoms with Gasteiger partial charge in [0, 0.05) is 25.2 Å². The molecule has 3 nitrogen and oxygen atoms in total. The summed E-state index contributed by atoms with van der Waals surface area (Å²) in [6, 6.07) is 6.71. The number of carbonyl (C=O) groups is 1. The van der Waals surface area contributed by atoms with Crippen LogP contribution in [0.3, 0.4) is 0 Å². The molecule has 1 amide bonds. The Morgan fingerprint density at radius 2 is 2.25 bits per heavy atom. The van der Waals surface area contributed by atoms with Gasteiger partial charge in [-0.15, -0.1) is 0 Å². The first-order chi connectivity index (χ1) is 9.72. The Bertz CT molecular complexity index is 444. The van der Waals surface area contributed by atoms with Gasteiger partial charge in [-0.2, -0.15) is 0 Å². The van der Waals surface area contributed by atoms with Crippen molar-refractivity contribution in [3.05, 3.63) is 35.6 Å². The standard InChI is InChI=1S/C16H23FN2O/c1-2-3-10-19(16(20)13-8-9-18-11-13)12-14-6-4-5-7-15(14)17/h4-7,13,18H,2-3,8-12H2,1H3. The van der Waals surface area contributed by atoms with Crippen molar-refractivity contribution in [3.8, 4) is 0 Å². The van der Waals surface area contributed by atoms with Crippen LogP contribution in [0.1, 0.15) is 31.7 Å². The van der Waals surface area contributed by atoms with Crippen LogP contribution < -0.4 is 5.32 Å². The van der Waals surface area contributed by atoms with Gasteiger partial charge in [-0.25, -0.2) is 4.39 Å². The van der Waals surface area contributed by atoms with Crippen molar-refractivity contribution >= 4 is 5.91 Å². The van der Waals surface area contributed by atoms with Crippen molar-refractivity contribution in [2.45, 2.75) is 32.7 Å². The summed E-state index contributed by atoms with van der Waals surface area (Å²) in [6.45, 7) is 4.83. The van der Waals surface area contributed by atoms with E-state index in [1.807, 2.05) is 11.0 Å². The molecule has 1 aromatic carbocycles. The van der Waals surface area contributed by atoms with E-state index in [-0.39, 0.29) is 17.6 Å². The highest BCUT2D eigenvalue weighted by Gasteiger charge is 2.27. The molecule has 0 aromatic heterocycles. The molecular weight excluding hydrogens is 255 g/mol. The lowest BCUT2D eigenvalue weighted by molar-refractivity contribution is -0.135. The molecule has 1 saturated heterocycles. The molecule has 1 aliphatic heterocycles. The molecule has 4 heteroatoms. The molecule has 0 aliphatic carbocycles. The highest BCUT2D eigenvalue weighted by molar-refractivity contribution is 5.79. The molecule has 0 saturated carbocycles. The van der Waals surface area contributed by atoms with Gasteiger partial charge in [0.25, 0.3) is 0 Å². The average molecular weight is 278 g/mol. The van der Waals surface area contributed by atoms with Crippen LogP contribution in [0.15, 0.2) is 24.3 Å². The molecule has 1 aromatic rings. The van der Waals surface area contributed by atoms with Gasteiger partial charge in [-0.05, 0) is 25.5 Å². The fraction of sp³-hybridized carbons (Fsp3) is 0.562. The smallest absolute Gasteiger partial charge is 0.227 e. The minimum absolute atomic E-state index is 0.0543. The Hall–Kier alpha value is -1.42. The fourth-order valence-electron chi connectivity index (χ4n) is 2.57. The third-order valence-corrected chi connectivity index (χ3v) is 3.82. The van der Waals surface area contributed by atoms with Crippen molar-refractivity contribution in [1.29, 1.82) is 0 Å². The van der Waals surface area contributed by atoms with Crippen LogP contribution in [0.5, 0.6) is 0 Å². The lowest BCUT2D eigenvalue weighted by atomic mass is 10.1. The molecule has 0 bridgehead atoms. The largest absolute Gasteiger partial charge is 0.338 e. The highest BCUT2D eigenvalue weighted by atomic mass is 19.1. The predicted octanol–water partition coefficient (Wildman–Crippen LogP) is 2.56. The summed E-state index contributed by atoms with van der Waals surface area (Å²) in [6.07, 6.45) is 2.88. The minimum Gasteiger partial charge on any atom is -0.338 e. The van der Waals surface area contributed by atoms with E-state index in [4.69, 9.17) is 0 Å². The van der Waals surface area contributed by atoms with Crippen molar-refractivity contribution in [3.63, 3.8) is 0 Å². The monoisotopic (exact) mass is 278 g/mol. The maximum atomic E-state index is 13.8. The number of nitrogens with zero attached hydrogens (tertiary/aromatic N) is 1. The van der Waals surface area contributed by atoms with Crippen LogP contribution >= 0.6 is 0 Å². The maximum absolute atomic E-state index is 13.8. The van der Waals surface area contributed by atoms with Gasteiger partial charge in [-0.3, -0.25) is 4.79 Å². The summed E-state index contributed by atoms with van der Waals surface area (Å²) in [5, 5.41) is 3.22. The second-order valence-electron chi connectivity index (χ2n) is 5.39. The van der Waals surface area contributed by atoms with Crippen LogP contribution in [0.25, 0.3) is 0 Å². The Morgan fingerprint density at radius 3 is 2.90 bits per heavy atom. The zero-order valence-electron chi connectivity index (χ0n) is 12.1. The number of carbonyl (C=O) groups excluding carboxylic acids is 1. The molecule has 0 spiro atoms. The van der Waals surface area contributed by atoms with E-state index in [9.17, 15) is 9.18 Å². The Kier molecular flexibility index (Phi) is 5.53. The first-order valence-corrected chi connectivity index (χ1v) is 7.45. The third kappa shape index (κ3) is 3.79. The van der Waals surface area contributed by atoms with E-state index < -0.39 is 0 Å². The van der Waals surface area contributed by atoms with Crippen molar-refractivity contribution < 1.29 is 9.18 Å². The molecule has 1 aliphatic rings. The van der Waals surface area contributed by atoms with Gasteiger partial charge < -0.3 is 10.2 Å². The second-order valence-corrected chi connectivity index (χ2v) is 5.39. The normalized spacial score (nSPS) is 18.2. The van der Waals surface area contributed by atoms with Crippen LogP contribution in [-0.4, -0.2) is 30.4 Å². The zero-order valence-corrected chi connectivity index (χ0v) is 12.1. The molecule has 110 valence electrons. The first kappa shape index (κ1) is 15.0. The SMILES string of the molecule is CCCCN(Cc1ccccc1F)C(=O)C1CCNC1. The number of nitrogens with one attached hydrogen (secondary N) is 1. The Balaban J connectivity index is 2.06. The molecule has 1 atom stereocenters. The van der Waals surface area contributed by atoms with Crippen molar-refractivity contribution in [2.75, 3.05) is 19.6 Å². The van der Waals surface area contributed by atoms with Crippen LogP contribution in [0, 0.1) is 11.7 Å². The first-order valence-electron chi connectivity index (χ1n) is 7.45. The summed E-state index contributed by atoms with van der Waals surface area (Å²) in [5.74, 6) is -0.0170. The van der Waals surface area contributed by atoms with E-state index in [0.29, 0.717) is 18.7 Å². The minimum atomic E-state index is -0.230. The second kappa shape index (κ2) is 7.39. The lowest BCUT2D eigenvalue weighted by Crippen LogP contribution is -2.37. The van der Waals surface area contributed by atoms with E-state index in [0.717, 1.165) is 32.4 Å². The fourth-order valence-corrected chi connectivity index (χ4v) is 2.57. The summed E-state index contributed by atoms with van der Waals surface area (Å²) < 4.78 is 13.8. The number of amides is 1. The van der Waals surface area contributed by atoms with Gasteiger partial charge >= 0.3 is 0 Å². The molecule has 20 heavy (non-hydrogen) atoms. The average Bonchev–Trinajstić information content (AvgIpc) is 2.99. The molecule has 1 N–H and O–H groups in total. The zero-order chi connectivity index (χ0) is 14.4. The molecule has 1 heterocycles. The topological polar surface area (TPSA) is 32.3 Å². The van der Waals surface area contributed by atoms with Crippen molar-refractivity contribution in [1.82, 2.24) is 10.2 Å². The van der Waals surface area contributed by atoms with Gasteiger partial charge in [0.05, 0.1) is 5.92 Å². The van der Waals surface area contributed by atoms with Gasteiger partial charge in [0.2, 0.25) is 5.91 Å². The van der Waals surface area contributed by atoms with E-state index in [1.54, 1.807) is 12.1 Å². The molecule has 2 rings (SSSR count). The molecular formula is C16H23FN2O. The maximum Gasteiger partial charge on any atom is 0.227 e. The van der Waals surface area contributed by atoms with Crippen LogP contribution in [0.2, 0.25) is 0 Å². The Morgan fingerprint density at radius 1 is 1.45 bits per heavy atom. The van der Waals surface area contributed by atoms with E-state index in [2.05, 4.69) is 12.2 Å². The van der Waals surface area contributed by atoms with Gasteiger partial charge in [-0.1, -0.05) is 31.5 Å². The molecule has 1 fully saturated rings. The Labute approximate surface area is 120 Å². The van der Waals surface area contributed by atoms with Gasteiger partial charge in [0.1, 0.15) is 5.82 Å². The molecule has 1 unspecified atom stereocenters. The van der Waals surface area contributed by atoms with Gasteiger partial charge in [0.15, 0.2) is 0 Å². The summed E-state index contributed by atoms with van der Waals surface area (Å²) in [5.41, 5.74) is 0.600. The number of benzene rings is 1. The van der Waals surface area contributed by atoms with Crippen LogP contribution in [-0.2, 0) is 11.3 Å². The summed E-state index contributed by atoms with van der Waals surface area (Å²) in [7, 11) is 0. The van der Waals surface area contributed by atoms with E-state index in [1.165, 1.54) is 6.07 Å². The molecule has 0 radical (unpaired) electrons. The number of hydrogen-bond acceptors (Lipinski definition) is 2. The quantitative estimate of drug-likeness (QED) is 0.867. The number of rotatable bonds is 6. The number of hydrogen-bond donors (Lipinski definition) is 1. The van der Waals surface area contributed by atoms with Crippen LogP contribution in [0.4, 0.5) is 4.39 Å². The number of unbranched alkanes of at least 4 members (excludes halogenated alkanes) is 1. The third-order valence-electron chi connectivity index (χ3n) is 3.82. The van der Waals surface area contributed by atoms with Crippen molar-refractivity contribution in [2.24, 2.45) is 5.92 Å². The summed E-state index contributed by atoms with van der Waals surface area (Å²) >= 11 is 0. The highest BCUT2D eigenvalue weighted by Crippen LogP contribution is 2.16. The lowest BCUT2D eigenvalue weighted by Gasteiger charge is -2.25. The summed E-state index contributed by atoms with van der Waals surface area (Å²) in [4.78, 5) is 14.3. The number of halogens is 1. The predicted molar refractivity (Wildman–Crippen MR) is 77.7 cm³/mol. The van der Waals surface area contributed by atoms with E-state index >= 15 is 0 Å².